The zero-order chi connectivity index (χ0) is 9.14. The number of hydrogen-bond donors (Lipinski definition) is 2. The van der Waals surface area contributed by atoms with Gasteiger partial charge in [0.2, 0.25) is 0 Å². The standard InChI is InChI=1S/C8H10BrFN2/c9-6-3-1-2-5(8(6)10)7(12)4-11/h1-3,7H,4,11-12H2. The quantitative estimate of drug-likeness (QED) is 0.814. The molecule has 4 N–H and O–H groups in total. The molecule has 1 unspecified atom stereocenters. The Bertz CT molecular complexity index is 278. The normalized spacial score (nSPS) is 13.0. The fourth-order valence-corrected chi connectivity index (χ4v) is 1.32. The van der Waals surface area contributed by atoms with Gasteiger partial charge in [-0.15, -0.1) is 0 Å². The van der Waals surface area contributed by atoms with Gasteiger partial charge in [-0.05, 0) is 22.0 Å². The van der Waals surface area contributed by atoms with E-state index in [1.54, 1.807) is 18.2 Å². The molecule has 0 bridgehead atoms. The van der Waals surface area contributed by atoms with Crippen molar-refractivity contribution in [1.29, 1.82) is 0 Å². The summed E-state index contributed by atoms with van der Waals surface area (Å²) in [4.78, 5) is 0. The lowest BCUT2D eigenvalue weighted by molar-refractivity contribution is 0.578. The first kappa shape index (κ1) is 9.64. The Kier molecular flexibility index (Phi) is 3.20. The highest BCUT2D eigenvalue weighted by Gasteiger charge is 2.11. The molecule has 0 aliphatic carbocycles. The van der Waals surface area contributed by atoms with Crippen molar-refractivity contribution >= 4 is 15.9 Å². The van der Waals surface area contributed by atoms with Crippen molar-refractivity contribution in [2.75, 3.05) is 6.54 Å². The second kappa shape index (κ2) is 3.98. The average molecular weight is 233 g/mol. The molecule has 1 aromatic carbocycles. The van der Waals surface area contributed by atoms with Crippen LogP contribution in [-0.2, 0) is 0 Å². The lowest BCUT2D eigenvalue weighted by Crippen LogP contribution is -2.21. The minimum Gasteiger partial charge on any atom is -0.329 e. The minimum absolute atomic E-state index is 0.243. The average Bonchev–Trinajstić information content (AvgIpc) is 2.08. The minimum atomic E-state index is -0.428. The molecule has 0 radical (unpaired) electrons. The van der Waals surface area contributed by atoms with Crippen molar-refractivity contribution in [1.82, 2.24) is 0 Å². The SMILES string of the molecule is NCC(N)c1cccc(Br)c1F. The molecule has 0 aliphatic rings. The highest BCUT2D eigenvalue weighted by molar-refractivity contribution is 9.10. The fraction of sp³-hybridized carbons (Fsp3) is 0.250. The summed E-state index contributed by atoms with van der Waals surface area (Å²) < 4.78 is 13.7. The second-order valence-corrected chi connectivity index (χ2v) is 3.34. The van der Waals surface area contributed by atoms with Crippen LogP contribution in [0.15, 0.2) is 22.7 Å². The fourth-order valence-electron chi connectivity index (χ4n) is 0.934. The molecule has 66 valence electrons. The van der Waals surface area contributed by atoms with Crippen molar-refractivity contribution in [2.45, 2.75) is 6.04 Å². The predicted octanol–water partition coefficient (Wildman–Crippen LogP) is 1.55. The molecule has 1 atom stereocenters. The van der Waals surface area contributed by atoms with Crippen LogP contribution in [0, 0.1) is 5.82 Å². The summed E-state index contributed by atoms with van der Waals surface area (Å²) >= 11 is 3.07. The molecule has 0 aromatic heterocycles. The number of halogens is 2. The predicted molar refractivity (Wildman–Crippen MR) is 50.1 cm³/mol. The van der Waals surface area contributed by atoms with E-state index in [1.807, 2.05) is 0 Å². The molecule has 0 saturated carbocycles. The van der Waals surface area contributed by atoms with E-state index in [-0.39, 0.29) is 12.4 Å². The van der Waals surface area contributed by atoms with E-state index in [0.29, 0.717) is 10.0 Å². The highest BCUT2D eigenvalue weighted by atomic mass is 79.9. The highest BCUT2D eigenvalue weighted by Crippen LogP contribution is 2.21. The zero-order valence-electron chi connectivity index (χ0n) is 6.43. The Morgan fingerprint density at radius 3 is 2.75 bits per heavy atom. The number of benzene rings is 1. The molecule has 0 saturated heterocycles. The van der Waals surface area contributed by atoms with Crippen molar-refractivity contribution in [2.24, 2.45) is 11.5 Å². The Labute approximate surface area is 78.9 Å². The van der Waals surface area contributed by atoms with E-state index in [1.165, 1.54) is 0 Å². The van der Waals surface area contributed by atoms with Crippen LogP contribution in [0.25, 0.3) is 0 Å². The van der Waals surface area contributed by atoms with Crippen LogP contribution in [0.5, 0.6) is 0 Å². The summed E-state index contributed by atoms with van der Waals surface area (Å²) in [6.07, 6.45) is 0. The molecule has 4 heteroatoms. The number of hydrogen-bond acceptors (Lipinski definition) is 2. The number of nitrogens with two attached hydrogens (primary N) is 2. The van der Waals surface area contributed by atoms with Crippen LogP contribution < -0.4 is 11.5 Å². The topological polar surface area (TPSA) is 52.0 Å². The van der Waals surface area contributed by atoms with Gasteiger partial charge in [0.1, 0.15) is 5.82 Å². The van der Waals surface area contributed by atoms with E-state index in [2.05, 4.69) is 15.9 Å². The molecule has 1 rings (SSSR count). The van der Waals surface area contributed by atoms with Gasteiger partial charge in [0.25, 0.3) is 0 Å². The Hall–Kier alpha value is -0.450. The molecule has 1 aromatic rings. The van der Waals surface area contributed by atoms with Crippen LogP contribution in [0.1, 0.15) is 11.6 Å². The maximum atomic E-state index is 13.3. The third kappa shape index (κ3) is 1.83. The molecular weight excluding hydrogens is 223 g/mol. The van der Waals surface area contributed by atoms with E-state index in [9.17, 15) is 4.39 Å². The third-order valence-corrected chi connectivity index (χ3v) is 2.25. The summed E-state index contributed by atoms with van der Waals surface area (Å²) in [7, 11) is 0. The van der Waals surface area contributed by atoms with Gasteiger partial charge in [0.05, 0.1) is 4.47 Å². The Balaban J connectivity index is 3.07. The van der Waals surface area contributed by atoms with Crippen molar-refractivity contribution in [3.05, 3.63) is 34.1 Å². The van der Waals surface area contributed by atoms with Crippen molar-refractivity contribution in [3.8, 4) is 0 Å². The molecule has 0 aliphatic heterocycles. The van der Waals surface area contributed by atoms with E-state index >= 15 is 0 Å². The largest absolute Gasteiger partial charge is 0.329 e. The first-order valence-electron chi connectivity index (χ1n) is 3.56. The van der Waals surface area contributed by atoms with Crippen LogP contribution in [0.2, 0.25) is 0 Å². The maximum absolute atomic E-state index is 13.3. The Morgan fingerprint density at radius 1 is 1.50 bits per heavy atom. The lowest BCUT2D eigenvalue weighted by atomic mass is 10.1. The second-order valence-electron chi connectivity index (χ2n) is 2.49. The molecule has 0 spiro atoms. The summed E-state index contributed by atoms with van der Waals surface area (Å²) in [6.45, 7) is 0.243. The van der Waals surface area contributed by atoms with Crippen LogP contribution in [0.4, 0.5) is 4.39 Å². The van der Waals surface area contributed by atoms with Crippen LogP contribution in [0.3, 0.4) is 0 Å². The maximum Gasteiger partial charge on any atom is 0.142 e. The molecule has 2 nitrogen and oxygen atoms in total. The van der Waals surface area contributed by atoms with Gasteiger partial charge < -0.3 is 11.5 Å². The lowest BCUT2D eigenvalue weighted by Gasteiger charge is -2.10. The van der Waals surface area contributed by atoms with Gasteiger partial charge >= 0.3 is 0 Å². The molecule has 0 amide bonds. The van der Waals surface area contributed by atoms with Gasteiger partial charge in [0, 0.05) is 18.2 Å². The van der Waals surface area contributed by atoms with Crippen LogP contribution in [-0.4, -0.2) is 6.54 Å². The molecule has 12 heavy (non-hydrogen) atoms. The van der Waals surface area contributed by atoms with Gasteiger partial charge in [-0.3, -0.25) is 0 Å². The van der Waals surface area contributed by atoms with Gasteiger partial charge in [-0.1, -0.05) is 12.1 Å². The molecule has 0 fully saturated rings. The molecule has 0 heterocycles. The monoisotopic (exact) mass is 232 g/mol. The summed E-state index contributed by atoms with van der Waals surface area (Å²) in [5.74, 6) is -0.324. The Morgan fingerprint density at radius 2 is 2.17 bits per heavy atom. The summed E-state index contributed by atoms with van der Waals surface area (Å²) in [5.41, 5.74) is 11.3. The smallest absolute Gasteiger partial charge is 0.142 e. The first-order valence-corrected chi connectivity index (χ1v) is 4.35. The van der Waals surface area contributed by atoms with Crippen molar-refractivity contribution < 1.29 is 4.39 Å². The summed E-state index contributed by atoms with van der Waals surface area (Å²) in [6, 6.07) is 4.57. The molecular formula is C8H10BrFN2. The zero-order valence-corrected chi connectivity index (χ0v) is 8.01. The summed E-state index contributed by atoms with van der Waals surface area (Å²) in [5, 5.41) is 0. The van der Waals surface area contributed by atoms with E-state index < -0.39 is 6.04 Å². The van der Waals surface area contributed by atoms with Crippen molar-refractivity contribution in [3.63, 3.8) is 0 Å². The van der Waals surface area contributed by atoms with E-state index in [4.69, 9.17) is 11.5 Å². The van der Waals surface area contributed by atoms with Gasteiger partial charge in [-0.2, -0.15) is 0 Å². The van der Waals surface area contributed by atoms with Crippen LogP contribution >= 0.6 is 15.9 Å². The number of rotatable bonds is 2. The van der Waals surface area contributed by atoms with Gasteiger partial charge in [0.15, 0.2) is 0 Å². The first-order chi connectivity index (χ1) is 5.66. The van der Waals surface area contributed by atoms with E-state index in [0.717, 1.165) is 0 Å². The van der Waals surface area contributed by atoms with Gasteiger partial charge in [-0.25, -0.2) is 4.39 Å². The third-order valence-electron chi connectivity index (χ3n) is 1.63.